The van der Waals surface area contributed by atoms with Gasteiger partial charge in [0.25, 0.3) is 5.91 Å². The van der Waals surface area contributed by atoms with E-state index in [4.69, 9.17) is 16.7 Å². The Kier molecular flexibility index (Phi) is 7.63. The number of carbonyl (C=O) groups is 2. The van der Waals surface area contributed by atoms with Gasteiger partial charge >= 0.3 is 5.97 Å². The van der Waals surface area contributed by atoms with E-state index in [1.54, 1.807) is 12.4 Å². The Morgan fingerprint density at radius 2 is 1.82 bits per heavy atom. The largest absolute Gasteiger partial charge is 0.481 e. The Bertz CT molecular complexity index is 1170. The number of nitrogens with one attached hydrogen (secondary N) is 1. The molecule has 2 N–H and O–H groups in total. The van der Waals surface area contributed by atoms with Gasteiger partial charge in [0, 0.05) is 29.9 Å². The average molecular weight is 477 g/mol. The fourth-order valence-electron chi connectivity index (χ4n) is 4.88. The van der Waals surface area contributed by atoms with Crippen molar-refractivity contribution in [2.24, 2.45) is 5.92 Å². The highest BCUT2D eigenvalue weighted by Crippen LogP contribution is 2.37. The van der Waals surface area contributed by atoms with Gasteiger partial charge in [-0.05, 0) is 66.5 Å². The number of benzene rings is 2. The van der Waals surface area contributed by atoms with Crippen LogP contribution in [0, 0.1) is 12.8 Å². The molecule has 4 rings (SSSR count). The van der Waals surface area contributed by atoms with E-state index < -0.39 is 5.97 Å². The van der Waals surface area contributed by atoms with Crippen molar-refractivity contribution < 1.29 is 14.7 Å². The fourth-order valence-corrected chi connectivity index (χ4v) is 5.05. The molecule has 1 aromatic heterocycles. The zero-order chi connectivity index (χ0) is 24.1. The number of aryl methyl sites for hydroxylation is 1. The minimum atomic E-state index is -0.840. The molecule has 1 atom stereocenters. The van der Waals surface area contributed by atoms with E-state index >= 15 is 0 Å². The number of aromatic nitrogens is 1. The minimum Gasteiger partial charge on any atom is -0.481 e. The molecule has 0 spiro atoms. The third-order valence-corrected chi connectivity index (χ3v) is 6.97. The molecule has 1 aliphatic carbocycles. The first-order chi connectivity index (χ1) is 16.4. The Morgan fingerprint density at radius 1 is 1.09 bits per heavy atom. The Balaban J connectivity index is 1.57. The monoisotopic (exact) mass is 476 g/mol. The highest BCUT2D eigenvalue weighted by atomic mass is 35.5. The van der Waals surface area contributed by atoms with Crippen molar-refractivity contribution in [2.45, 2.75) is 51.5 Å². The van der Waals surface area contributed by atoms with Crippen LogP contribution in [-0.2, 0) is 11.2 Å². The van der Waals surface area contributed by atoms with Gasteiger partial charge in [-0.25, -0.2) is 0 Å². The fraction of sp³-hybridized carbons (Fsp3) is 0.321. The first-order valence-electron chi connectivity index (χ1n) is 11.7. The van der Waals surface area contributed by atoms with Crippen LogP contribution in [-0.4, -0.2) is 22.0 Å². The van der Waals surface area contributed by atoms with E-state index in [0.29, 0.717) is 22.9 Å². The molecule has 2 aromatic carbocycles. The van der Waals surface area contributed by atoms with Gasteiger partial charge in [0.15, 0.2) is 0 Å². The number of carboxylic acid groups (broad SMARTS) is 1. The summed E-state index contributed by atoms with van der Waals surface area (Å²) >= 11 is 6.10. The predicted molar refractivity (Wildman–Crippen MR) is 134 cm³/mol. The number of hydrogen-bond donors (Lipinski definition) is 2. The molecule has 1 fully saturated rings. The van der Waals surface area contributed by atoms with E-state index in [1.165, 1.54) is 12.8 Å². The van der Waals surface area contributed by atoms with Crippen LogP contribution in [0.2, 0.25) is 5.02 Å². The molecule has 34 heavy (non-hydrogen) atoms. The Morgan fingerprint density at radius 3 is 2.50 bits per heavy atom. The molecule has 5 nitrogen and oxygen atoms in total. The topological polar surface area (TPSA) is 79.3 Å². The van der Waals surface area contributed by atoms with Gasteiger partial charge in [-0.2, -0.15) is 0 Å². The maximum atomic E-state index is 13.4. The summed E-state index contributed by atoms with van der Waals surface area (Å²) in [5.41, 5.74) is 5.40. The summed E-state index contributed by atoms with van der Waals surface area (Å²) in [4.78, 5) is 28.5. The van der Waals surface area contributed by atoms with Crippen molar-refractivity contribution >= 4 is 23.5 Å². The lowest BCUT2D eigenvalue weighted by molar-refractivity contribution is -0.136. The third-order valence-electron chi connectivity index (χ3n) is 6.76. The lowest BCUT2D eigenvalue weighted by Crippen LogP contribution is -2.33. The summed E-state index contributed by atoms with van der Waals surface area (Å²) in [6.45, 7) is 1.89. The first kappa shape index (κ1) is 24.0. The third kappa shape index (κ3) is 5.65. The van der Waals surface area contributed by atoms with Crippen LogP contribution >= 0.6 is 11.6 Å². The summed E-state index contributed by atoms with van der Waals surface area (Å²) in [5, 5.41) is 12.9. The summed E-state index contributed by atoms with van der Waals surface area (Å²) in [6.07, 6.45) is 8.38. The van der Waals surface area contributed by atoms with E-state index in [0.717, 1.165) is 40.7 Å². The molecule has 0 radical (unpaired) electrons. The number of carbonyl (C=O) groups excluding carboxylic acids is 1. The zero-order valence-corrected chi connectivity index (χ0v) is 20.0. The van der Waals surface area contributed by atoms with Crippen LogP contribution in [0.15, 0.2) is 60.9 Å². The van der Waals surface area contributed by atoms with E-state index in [9.17, 15) is 9.59 Å². The summed E-state index contributed by atoms with van der Waals surface area (Å²) in [7, 11) is 0. The maximum absolute atomic E-state index is 13.4. The van der Waals surface area contributed by atoms with Crippen molar-refractivity contribution in [3.05, 3.63) is 88.2 Å². The summed E-state index contributed by atoms with van der Waals surface area (Å²) < 4.78 is 0. The zero-order valence-electron chi connectivity index (χ0n) is 19.3. The van der Waals surface area contributed by atoms with Crippen molar-refractivity contribution in [3.63, 3.8) is 0 Å². The van der Waals surface area contributed by atoms with Crippen LogP contribution < -0.4 is 5.32 Å². The standard InChI is InChI=1S/C28H29ClN2O3/c1-18-19(13-14-26(32)33)7-4-8-25(18)28(34)31-27(21-5-2-3-6-21)22-11-9-20(10-12-22)23-15-24(29)17-30-16-23/h4,7-12,15-17,21,27H,2-3,5-6,13-14H2,1H3,(H,31,34)(H,32,33). The van der Waals surface area contributed by atoms with Gasteiger partial charge in [-0.3, -0.25) is 14.6 Å². The van der Waals surface area contributed by atoms with Gasteiger partial charge in [0.2, 0.25) is 0 Å². The normalized spacial score (nSPS) is 14.6. The van der Waals surface area contributed by atoms with Crippen molar-refractivity contribution in [1.29, 1.82) is 0 Å². The highest BCUT2D eigenvalue weighted by molar-refractivity contribution is 6.30. The molecule has 0 bridgehead atoms. The molecule has 1 unspecified atom stereocenters. The van der Waals surface area contributed by atoms with Crippen LogP contribution in [0.3, 0.4) is 0 Å². The first-order valence-corrected chi connectivity index (χ1v) is 12.1. The quantitative estimate of drug-likeness (QED) is 0.395. The molecule has 176 valence electrons. The van der Waals surface area contributed by atoms with E-state index in [2.05, 4.69) is 34.6 Å². The molecule has 1 saturated carbocycles. The van der Waals surface area contributed by atoms with E-state index in [1.807, 2.05) is 31.2 Å². The molecular weight excluding hydrogens is 448 g/mol. The molecule has 1 heterocycles. The minimum absolute atomic E-state index is 0.0467. The molecule has 1 amide bonds. The summed E-state index contributed by atoms with van der Waals surface area (Å²) in [5.74, 6) is -0.569. The van der Waals surface area contributed by atoms with Gasteiger partial charge in [0.05, 0.1) is 11.1 Å². The van der Waals surface area contributed by atoms with Gasteiger partial charge < -0.3 is 10.4 Å². The van der Waals surface area contributed by atoms with Gasteiger partial charge in [-0.15, -0.1) is 0 Å². The highest BCUT2D eigenvalue weighted by Gasteiger charge is 2.28. The Labute approximate surface area is 205 Å². The maximum Gasteiger partial charge on any atom is 0.303 e. The number of nitrogens with zero attached hydrogens (tertiary/aromatic N) is 1. The second-order valence-electron chi connectivity index (χ2n) is 8.99. The molecule has 0 aliphatic heterocycles. The number of aliphatic carboxylic acids is 1. The molecule has 0 saturated heterocycles. The Hall–Kier alpha value is -3.18. The summed E-state index contributed by atoms with van der Waals surface area (Å²) in [6, 6.07) is 15.6. The lowest BCUT2D eigenvalue weighted by atomic mass is 9.90. The number of hydrogen-bond acceptors (Lipinski definition) is 3. The van der Waals surface area contributed by atoms with Gasteiger partial charge in [0.1, 0.15) is 0 Å². The van der Waals surface area contributed by atoms with Crippen LogP contribution in [0.5, 0.6) is 0 Å². The SMILES string of the molecule is Cc1c(CCC(=O)O)cccc1C(=O)NC(c1ccc(-c2cncc(Cl)c2)cc1)C1CCCC1. The van der Waals surface area contributed by atoms with Crippen LogP contribution in [0.25, 0.3) is 11.1 Å². The predicted octanol–water partition coefficient (Wildman–Crippen LogP) is 6.39. The lowest BCUT2D eigenvalue weighted by Gasteiger charge is -2.26. The van der Waals surface area contributed by atoms with Crippen LogP contribution in [0.1, 0.15) is 65.2 Å². The second kappa shape index (κ2) is 10.8. The van der Waals surface area contributed by atoms with Crippen molar-refractivity contribution in [1.82, 2.24) is 10.3 Å². The number of pyridine rings is 1. The van der Waals surface area contributed by atoms with Crippen LogP contribution in [0.4, 0.5) is 0 Å². The molecule has 3 aromatic rings. The average Bonchev–Trinajstić information content (AvgIpc) is 3.36. The molecule has 1 aliphatic rings. The number of halogens is 1. The number of amides is 1. The molecular formula is C28H29ClN2O3. The van der Waals surface area contributed by atoms with Crippen molar-refractivity contribution in [2.75, 3.05) is 0 Å². The van der Waals surface area contributed by atoms with Gasteiger partial charge in [-0.1, -0.05) is 60.8 Å². The number of rotatable bonds is 8. The van der Waals surface area contributed by atoms with E-state index in [-0.39, 0.29) is 18.4 Å². The van der Waals surface area contributed by atoms with Crippen molar-refractivity contribution in [3.8, 4) is 11.1 Å². The second-order valence-corrected chi connectivity index (χ2v) is 9.43. The smallest absolute Gasteiger partial charge is 0.303 e. The molecule has 6 heteroatoms. The number of carboxylic acids is 1.